The van der Waals surface area contributed by atoms with Crippen molar-refractivity contribution in [2.45, 2.75) is 51.4 Å². The first kappa shape index (κ1) is 16.0. The fourth-order valence-corrected chi connectivity index (χ4v) is 4.56. The number of thiophene rings is 1. The summed E-state index contributed by atoms with van der Waals surface area (Å²) in [5.41, 5.74) is 0. The van der Waals surface area contributed by atoms with Crippen LogP contribution in [0, 0.1) is 0 Å². The van der Waals surface area contributed by atoms with Crippen LogP contribution in [0.2, 0.25) is 0 Å². The highest BCUT2D eigenvalue weighted by molar-refractivity contribution is 9.10. The van der Waals surface area contributed by atoms with Crippen molar-refractivity contribution in [2.75, 3.05) is 6.61 Å². The van der Waals surface area contributed by atoms with E-state index in [1.807, 2.05) is 11.3 Å². The van der Waals surface area contributed by atoms with Gasteiger partial charge >= 0.3 is 0 Å². The van der Waals surface area contributed by atoms with Gasteiger partial charge in [0.15, 0.2) is 0 Å². The SMILES string of the molecule is OCCCCCCCCCc1sc2ccccc2c1Br. The number of hydrogen-bond donors (Lipinski definition) is 1. The van der Waals surface area contributed by atoms with Gasteiger partial charge in [-0.25, -0.2) is 0 Å². The van der Waals surface area contributed by atoms with Crippen LogP contribution in [0.4, 0.5) is 0 Å². The average molecular weight is 355 g/mol. The van der Waals surface area contributed by atoms with Gasteiger partial charge in [0.25, 0.3) is 0 Å². The molecule has 0 aliphatic heterocycles. The second-order valence-electron chi connectivity index (χ2n) is 5.28. The van der Waals surface area contributed by atoms with Crippen molar-refractivity contribution in [2.24, 2.45) is 0 Å². The van der Waals surface area contributed by atoms with Gasteiger partial charge in [0.1, 0.15) is 0 Å². The molecule has 0 unspecified atom stereocenters. The summed E-state index contributed by atoms with van der Waals surface area (Å²) in [7, 11) is 0. The van der Waals surface area contributed by atoms with E-state index in [2.05, 4.69) is 40.2 Å². The lowest BCUT2D eigenvalue weighted by atomic mass is 10.1. The molecule has 0 saturated heterocycles. The molecule has 0 fully saturated rings. The molecular weight excluding hydrogens is 332 g/mol. The molecule has 3 heteroatoms. The number of hydrogen-bond acceptors (Lipinski definition) is 2. The molecule has 0 radical (unpaired) electrons. The average Bonchev–Trinajstić information content (AvgIpc) is 2.79. The third-order valence-electron chi connectivity index (χ3n) is 3.66. The van der Waals surface area contributed by atoms with Gasteiger partial charge in [0.2, 0.25) is 0 Å². The van der Waals surface area contributed by atoms with Gasteiger partial charge in [0, 0.05) is 26.0 Å². The minimum atomic E-state index is 0.347. The zero-order valence-corrected chi connectivity index (χ0v) is 14.3. The lowest BCUT2D eigenvalue weighted by molar-refractivity contribution is 0.282. The summed E-state index contributed by atoms with van der Waals surface area (Å²) >= 11 is 5.67. The maximum absolute atomic E-state index is 8.72. The summed E-state index contributed by atoms with van der Waals surface area (Å²) in [4.78, 5) is 1.49. The van der Waals surface area contributed by atoms with E-state index in [4.69, 9.17) is 5.11 Å². The van der Waals surface area contributed by atoms with E-state index in [0.29, 0.717) is 6.61 Å². The fraction of sp³-hybridized carbons (Fsp3) is 0.529. The van der Waals surface area contributed by atoms with Crippen LogP contribution < -0.4 is 0 Å². The largest absolute Gasteiger partial charge is 0.396 e. The second-order valence-corrected chi connectivity index (χ2v) is 7.21. The fourth-order valence-electron chi connectivity index (χ4n) is 2.51. The van der Waals surface area contributed by atoms with Gasteiger partial charge in [-0.15, -0.1) is 11.3 Å². The molecule has 1 nitrogen and oxygen atoms in total. The van der Waals surface area contributed by atoms with Gasteiger partial charge in [-0.2, -0.15) is 0 Å². The highest BCUT2D eigenvalue weighted by Crippen LogP contribution is 2.36. The van der Waals surface area contributed by atoms with E-state index >= 15 is 0 Å². The van der Waals surface area contributed by atoms with Crippen molar-refractivity contribution < 1.29 is 5.11 Å². The monoisotopic (exact) mass is 354 g/mol. The highest BCUT2D eigenvalue weighted by atomic mass is 79.9. The molecule has 1 N–H and O–H groups in total. The molecule has 20 heavy (non-hydrogen) atoms. The number of aliphatic hydroxyl groups is 1. The van der Waals surface area contributed by atoms with Gasteiger partial charge in [-0.3, -0.25) is 0 Å². The van der Waals surface area contributed by atoms with Crippen molar-refractivity contribution in [1.29, 1.82) is 0 Å². The molecule has 2 aromatic rings. The summed E-state index contributed by atoms with van der Waals surface area (Å²) in [6, 6.07) is 8.62. The van der Waals surface area contributed by atoms with E-state index in [0.717, 1.165) is 6.42 Å². The van der Waals surface area contributed by atoms with E-state index in [9.17, 15) is 0 Å². The predicted octanol–water partition coefficient (Wildman–Crippen LogP) is 5.93. The van der Waals surface area contributed by atoms with Crippen LogP contribution in [0.5, 0.6) is 0 Å². The molecule has 0 amide bonds. The number of unbranched alkanes of at least 4 members (excludes halogenated alkanes) is 6. The number of fused-ring (bicyclic) bond motifs is 1. The smallest absolute Gasteiger partial charge is 0.0431 e. The topological polar surface area (TPSA) is 20.2 Å². The molecule has 1 aromatic carbocycles. The van der Waals surface area contributed by atoms with Gasteiger partial charge < -0.3 is 5.11 Å². The van der Waals surface area contributed by atoms with Crippen molar-refractivity contribution in [1.82, 2.24) is 0 Å². The Hall–Kier alpha value is -0.380. The maximum atomic E-state index is 8.72. The van der Waals surface area contributed by atoms with Crippen LogP contribution in [0.25, 0.3) is 10.1 Å². The summed E-state index contributed by atoms with van der Waals surface area (Å²) < 4.78 is 2.69. The Morgan fingerprint density at radius 2 is 1.55 bits per heavy atom. The first-order valence-electron chi connectivity index (χ1n) is 7.59. The Labute approximate surface area is 134 Å². The first-order valence-corrected chi connectivity index (χ1v) is 9.20. The first-order chi connectivity index (χ1) is 9.83. The standard InChI is InChI=1S/C17H23BrOS/c18-17-14-10-7-8-11-15(14)20-16(17)12-6-4-2-1-3-5-9-13-19/h7-8,10-11,19H,1-6,9,12-13H2. The van der Waals surface area contributed by atoms with Crippen molar-refractivity contribution in [3.05, 3.63) is 33.6 Å². The maximum Gasteiger partial charge on any atom is 0.0431 e. The molecule has 0 bridgehead atoms. The number of halogens is 1. The zero-order valence-electron chi connectivity index (χ0n) is 11.9. The molecule has 2 rings (SSSR count). The van der Waals surface area contributed by atoms with Crippen LogP contribution in [-0.4, -0.2) is 11.7 Å². The molecule has 0 spiro atoms. The molecular formula is C17H23BrOS. The van der Waals surface area contributed by atoms with E-state index < -0.39 is 0 Å². The van der Waals surface area contributed by atoms with Crippen molar-refractivity contribution in [3.63, 3.8) is 0 Å². The third-order valence-corrected chi connectivity index (χ3v) is 6.06. The van der Waals surface area contributed by atoms with Gasteiger partial charge in [-0.05, 0) is 41.3 Å². The van der Waals surface area contributed by atoms with Gasteiger partial charge in [0.05, 0.1) is 0 Å². The Morgan fingerprint density at radius 3 is 2.25 bits per heavy atom. The second kappa shape index (κ2) is 8.81. The van der Waals surface area contributed by atoms with E-state index in [1.165, 1.54) is 64.4 Å². The van der Waals surface area contributed by atoms with E-state index in [-0.39, 0.29) is 0 Å². The minimum absolute atomic E-state index is 0.347. The quantitative estimate of drug-likeness (QED) is 0.553. The molecule has 0 atom stereocenters. The van der Waals surface area contributed by atoms with Crippen LogP contribution in [0.3, 0.4) is 0 Å². The summed E-state index contributed by atoms with van der Waals surface area (Å²) in [5, 5.41) is 10.1. The highest BCUT2D eigenvalue weighted by Gasteiger charge is 2.08. The number of aliphatic hydroxyl groups excluding tert-OH is 1. The molecule has 110 valence electrons. The van der Waals surface area contributed by atoms with Crippen molar-refractivity contribution in [3.8, 4) is 0 Å². The summed E-state index contributed by atoms with van der Waals surface area (Å²) in [5.74, 6) is 0. The van der Waals surface area contributed by atoms with Crippen LogP contribution in [0.15, 0.2) is 28.7 Å². The number of aryl methyl sites for hydroxylation is 1. The Bertz CT molecular complexity index is 521. The minimum Gasteiger partial charge on any atom is -0.396 e. The predicted molar refractivity (Wildman–Crippen MR) is 92.6 cm³/mol. The number of rotatable bonds is 9. The van der Waals surface area contributed by atoms with Crippen molar-refractivity contribution >= 4 is 37.4 Å². The molecule has 1 heterocycles. The number of benzene rings is 1. The summed E-state index contributed by atoms with van der Waals surface area (Å²) in [6.45, 7) is 0.347. The van der Waals surface area contributed by atoms with E-state index in [1.54, 1.807) is 0 Å². The molecule has 0 saturated carbocycles. The zero-order chi connectivity index (χ0) is 14.2. The molecule has 0 aliphatic rings. The van der Waals surface area contributed by atoms with Crippen LogP contribution >= 0.6 is 27.3 Å². The Morgan fingerprint density at radius 1 is 0.900 bits per heavy atom. The lowest BCUT2D eigenvalue weighted by Gasteiger charge is -2.01. The lowest BCUT2D eigenvalue weighted by Crippen LogP contribution is -1.86. The Kier molecular flexibility index (Phi) is 7.05. The normalized spacial score (nSPS) is 11.3. The third kappa shape index (κ3) is 4.57. The van der Waals surface area contributed by atoms with Crippen LogP contribution in [-0.2, 0) is 6.42 Å². The summed E-state index contributed by atoms with van der Waals surface area (Å²) in [6.07, 6.45) is 9.85. The van der Waals surface area contributed by atoms with Gasteiger partial charge in [-0.1, -0.05) is 50.3 Å². The molecule has 0 aliphatic carbocycles. The molecule has 1 aromatic heterocycles. The Balaban J connectivity index is 1.69. The van der Waals surface area contributed by atoms with Crippen LogP contribution in [0.1, 0.15) is 49.8 Å².